The van der Waals surface area contributed by atoms with E-state index in [1.807, 2.05) is 0 Å². The first-order valence-electron chi connectivity index (χ1n) is 5.79. The quantitative estimate of drug-likeness (QED) is 0.762. The van der Waals surface area contributed by atoms with Gasteiger partial charge >= 0.3 is 5.97 Å². The summed E-state index contributed by atoms with van der Waals surface area (Å²) in [5.41, 5.74) is 0.716. The number of carbonyl (C=O) groups is 2. The van der Waals surface area contributed by atoms with Gasteiger partial charge in [-0.3, -0.25) is 9.89 Å². The van der Waals surface area contributed by atoms with E-state index in [4.69, 9.17) is 9.84 Å². The molecular weight excluding hydrogens is 262 g/mol. The first-order valence-corrected chi connectivity index (χ1v) is 5.79. The number of methoxy groups -OCH3 is 1. The minimum Gasteiger partial charge on any atom is -0.497 e. The highest BCUT2D eigenvalue weighted by Crippen LogP contribution is 2.14. The van der Waals surface area contributed by atoms with Crippen LogP contribution in [0.3, 0.4) is 0 Å². The van der Waals surface area contributed by atoms with Gasteiger partial charge < -0.3 is 15.2 Å². The highest BCUT2D eigenvalue weighted by molar-refractivity contribution is 5.99. The fourth-order valence-electron chi connectivity index (χ4n) is 1.66. The van der Waals surface area contributed by atoms with Gasteiger partial charge in [0.05, 0.1) is 19.7 Å². The van der Waals surface area contributed by atoms with Crippen molar-refractivity contribution in [1.29, 1.82) is 0 Å². The third-order valence-corrected chi connectivity index (χ3v) is 2.66. The average Bonchev–Trinajstić information content (AvgIpc) is 2.87. The molecule has 7 nitrogen and oxygen atoms in total. The Balaban J connectivity index is 2.01. The lowest BCUT2D eigenvalue weighted by atomic mass is 10.1. The number of hydrogen-bond donors (Lipinski definition) is 3. The van der Waals surface area contributed by atoms with Gasteiger partial charge in [-0.05, 0) is 17.7 Å². The number of aromatic amines is 1. The molecule has 1 heterocycles. The number of amides is 1. The van der Waals surface area contributed by atoms with Crippen molar-refractivity contribution in [1.82, 2.24) is 10.2 Å². The Morgan fingerprint density at radius 1 is 1.35 bits per heavy atom. The van der Waals surface area contributed by atoms with Crippen molar-refractivity contribution in [3.63, 3.8) is 0 Å². The maximum atomic E-state index is 11.8. The Labute approximate surface area is 114 Å². The van der Waals surface area contributed by atoms with E-state index in [0.29, 0.717) is 5.75 Å². The highest BCUT2D eigenvalue weighted by Gasteiger charge is 2.14. The number of nitrogens with zero attached hydrogens (tertiary/aromatic N) is 1. The number of benzene rings is 1. The molecule has 2 rings (SSSR count). The third kappa shape index (κ3) is 3.14. The molecule has 1 aromatic heterocycles. The maximum Gasteiger partial charge on any atom is 0.341 e. The van der Waals surface area contributed by atoms with E-state index >= 15 is 0 Å². The third-order valence-electron chi connectivity index (χ3n) is 2.66. The molecule has 1 aromatic carbocycles. The summed E-state index contributed by atoms with van der Waals surface area (Å²) in [7, 11) is 1.56. The first-order chi connectivity index (χ1) is 9.60. The Hall–Kier alpha value is -2.83. The number of carboxylic acids is 1. The number of hydrogen-bond acceptors (Lipinski definition) is 4. The SMILES string of the molecule is COc1ccc(CC(=O)Nc2[nH]ncc2C(=O)O)cc1. The second kappa shape index (κ2) is 5.87. The Morgan fingerprint density at radius 3 is 2.65 bits per heavy atom. The summed E-state index contributed by atoms with van der Waals surface area (Å²) < 4.78 is 5.02. The largest absolute Gasteiger partial charge is 0.497 e. The van der Waals surface area contributed by atoms with Gasteiger partial charge in [0.2, 0.25) is 5.91 Å². The summed E-state index contributed by atoms with van der Waals surface area (Å²) in [4.78, 5) is 22.7. The van der Waals surface area contributed by atoms with Gasteiger partial charge in [-0.15, -0.1) is 0 Å². The Bertz CT molecular complexity index is 619. The predicted octanol–water partition coefficient (Wildman–Crippen LogP) is 1.30. The van der Waals surface area contributed by atoms with E-state index in [-0.39, 0.29) is 23.7 Å². The van der Waals surface area contributed by atoms with Crippen molar-refractivity contribution in [2.75, 3.05) is 12.4 Å². The van der Waals surface area contributed by atoms with E-state index in [2.05, 4.69) is 15.5 Å². The number of carboxylic acid groups (broad SMARTS) is 1. The zero-order valence-electron chi connectivity index (χ0n) is 10.7. The lowest BCUT2D eigenvalue weighted by molar-refractivity contribution is -0.115. The van der Waals surface area contributed by atoms with Gasteiger partial charge in [-0.2, -0.15) is 5.10 Å². The number of H-pyrrole nitrogens is 1. The summed E-state index contributed by atoms with van der Waals surface area (Å²) in [6, 6.07) is 7.04. The molecule has 0 saturated carbocycles. The van der Waals surface area contributed by atoms with Gasteiger partial charge in [0.25, 0.3) is 0 Å². The van der Waals surface area contributed by atoms with Crippen LogP contribution in [0, 0.1) is 0 Å². The van der Waals surface area contributed by atoms with Crippen molar-refractivity contribution in [2.45, 2.75) is 6.42 Å². The highest BCUT2D eigenvalue weighted by atomic mass is 16.5. The molecule has 3 N–H and O–H groups in total. The number of aromatic carboxylic acids is 1. The van der Waals surface area contributed by atoms with Crippen LogP contribution >= 0.6 is 0 Å². The molecule has 20 heavy (non-hydrogen) atoms. The van der Waals surface area contributed by atoms with Crippen LogP contribution in [0.4, 0.5) is 5.82 Å². The van der Waals surface area contributed by atoms with E-state index in [0.717, 1.165) is 11.8 Å². The van der Waals surface area contributed by atoms with Crippen molar-refractivity contribution < 1.29 is 19.4 Å². The Morgan fingerprint density at radius 2 is 2.05 bits per heavy atom. The molecule has 1 amide bonds. The molecular formula is C13H13N3O4. The minimum absolute atomic E-state index is 0.0759. The summed E-state index contributed by atoms with van der Waals surface area (Å²) in [5.74, 6) is -0.702. The van der Waals surface area contributed by atoms with Crippen LogP contribution in [0.25, 0.3) is 0 Å². The average molecular weight is 275 g/mol. The number of aromatic nitrogens is 2. The molecule has 0 atom stereocenters. The standard InChI is InChI=1S/C13H13N3O4/c1-20-9-4-2-8(3-5-9)6-11(17)15-12-10(13(18)19)7-14-16-12/h2-5,7H,6H2,1H3,(H,18,19)(H2,14,15,16,17). The minimum atomic E-state index is -1.15. The van der Waals surface area contributed by atoms with Crippen LogP contribution in [-0.2, 0) is 11.2 Å². The van der Waals surface area contributed by atoms with E-state index in [9.17, 15) is 9.59 Å². The zero-order valence-corrected chi connectivity index (χ0v) is 10.7. The van der Waals surface area contributed by atoms with E-state index in [1.165, 1.54) is 0 Å². The molecule has 0 aliphatic heterocycles. The van der Waals surface area contributed by atoms with Crippen LogP contribution in [0.5, 0.6) is 5.75 Å². The van der Waals surface area contributed by atoms with Gasteiger partial charge in [-0.25, -0.2) is 4.79 Å². The number of nitrogens with one attached hydrogen (secondary N) is 2. The summed E-state index contributed by atoms with van der Waals surface area (Å²) in [5, 5.41) is 17.4. The van der Waals surface area contributed by atoms with Gasteiger partial charge in [-0.1, -0.05) is 12.1 Å². The molecule has 0 bridgehead atoms. The molecule has 0 saturated heterocycles. The van der Waals surface area contributed by atoms with Crippen LogP contribution in [-0.4, -0.2) is 34.3 Å². The molecule has 0 spiro atoms. The Kier molecular flexibility index (Phi) is 3.99. The van der Waals surface area contributed by atoms with Crippen LogP contribution < -0.4 is 10.1 Å². The van der Waals surface area contributed by atoms with E-state index < -0.39 is 5.97 Å². The van der Waals surface area contributed by atoms with Crippen LogP contribution in [0.1, 0.15) is 15.9 Å². The molecule has 2 aromatic rings. The molecule has 0 unspecified atom stereocenters. The second-order valence-electron chi connectivity index (χ2n) is 4.04. The van der Waals surface area contributed by atoms with Crippen molar-refractivity contribution in [3.8, 4) is 5.75 Å². The molecule has 0 radical (unpaired) electrons. The van der Waals surface area contributed by atoms with Gasteiger partial charge in [0.1, 0.15) is 17.1 Å². The number of rotatable bonds is 5. The molecule has 104 valence electrons. The van der Waals surface area contributed by atoms with Crippen LogP contribution in [0.2, 0.25) is 0 Å². The van der Waals surface area contributed by atoms with Gasteiger partial charge in [0.15, 0.2) is 0 Å². The second-order valence-corrected chi connectivity index (χ2v) is 4.04. The number of anilines is 1. The normalized spacial score (nSPS) is 10.1. The molecule has 0 fully saturated rings. The predicted molar refractivity (Wildman–Crippen MR) is 70.9 cm³/mol. The number of carbonyl (C=O) groups excluding carboxylic acids is 1. The topological polar surface area (TPSA) is 104 Å². The fourth-order valence-corrected chi connectivity index (χ4v) is 1.66. The fraction of sp³-hybridized carbons (Fsp3) is 0.154. The molecule has 0 aliphatic rings. The summed E-state index contributed by atoms with van der Waals surface area (Å²) in [6.07, 6.45) is 1.27. The first kappa shape index (κ1) is 13.6. The molecule has 0 aliphatic carbocycles. The lowest BCUT2D eigenvalue weighted by Gasteiger charge is -2.05. The van der Waals surface area contributed by atoms with Crippen molar-refractivity contribution in [3.05, 3.63) is 41.6 Å². The van der Waals surface area contributed by atoms with Crippen molar-refractivity contribution in [2.24, 2.45) is 0 Å². The summed E-state index contributed by atoms with van der Waals surface area (Å²) in [6.45, 7) is 0. The van der Waals surface area contributed by atoms with Crippen LogP contribution in [0.15, 0.2) is 30.5 Å². The maximum absolute atomic E-state index is 11.8. The lowest BCUT2D eigenvalue weighted by Crippen LogP contribution is -2.16. The monoisotopic (exact) mass is 275 g/mol. The van der Waals surface area contributed by atoms with Gasteiger partial charge in [0, 0.05) is 0 Å². The summed E-state index contributed by atoms with van der Waals surface area (Å²) >= 11 is 0. The van der Waals surface area contributed by atoms with Crippen molar-refractivity contribution >= 4 is 17.7 Å². The van der Waals surface area contributed by atoms with E-state index in [1.54, 1.807) is 31.4 Å². The molecule has 7 heteroatoms. The zero-order chi connectivity index (χ0) is 14.5. The smallest absolute Gasteiger partial charge is 0.341 e. The number of ether oxygens (including phenoxy) is 1.